The molecule has 2 saturated carbocycles. The maximum atomic E-state index is 3.87. The molecule has 2 fully saturated rings. The van der Waals surface area contributed by atoms with Crippen molar-refractivity contribution in [2.24, 2.45) is 5.92 Å². The summed E-state index contributed by atoms with van der Waals surface area (Å²) in [5, 5.41) is 3.43. The highest BCUT2D eigenvalue weighted by atomic mass is 14.9. The van der Waals surface area contributed by atoms with Crippen molar-refractivity contribution in [3.05, 3.63) is 24.4 Å². The minimum absolute atomic E-state index is 0.718. The molecule has 0 spiro atoms. The number of hydrogen-bond donors (Lipinski definition) is 1. The molecule has 0 aromatic carbocycles. The average Bonchev–Trinajstić information content (AvgIpc) is 2.67. The van der Waals surface area contributed by atoms with Gasteiger partial charge in [0, 0.05) is 11.7 Å². The summed E-state index contributed by atoms with van der Waals surface area (Å²) in [4.78, 5) is 0. The zero-order valence-electron chi connectivity index (χ0n) is 15.8. The van der Waals surface area contributed by atoms with E-state index >= 15 is 0 Å². The second-order valence-corrected chi connectivity index (χ2v) is 7.56. The third-order valence-electron chi connectivity index (χ3n) is 4.20. The normalized spacial score (nSPS) is 19.6. The molecule has 0 aliphatic heterocycles. The number of nitrogens with one attached hydrogen (secondary N) is 1. The summed E-state index contributed by atoms with van der Waals surface area (Å²) < 4.78 is 0. The molecule has 2 aliphatic carbocycles. The highest BCUT2D eigenvalue weighted by Crippen LogP contribution is 2.22. The van der Waals surface area contributed by atoms with Crippen LogP contribution < -0.4 is 5.32 Å². The second kappa shape index (κ2) is 13.9. The molecule has 0 heterocycles. The van der Waals surface area contributed by atoms with E-state index in [-0.39, 0.29) is 0 Å². The van der Waals surface area contributed by atoms with Crippen LogP contribution in [0, 0.1) is 5.92 Å². The van der Waals surface area contributed by atoms with Gasteiger partial charge in [-0.2, -0.15) is 0 Å². The molecular formula is C21H41N. The molecule has 0 aromatic heterocycles. The largest absolute Gasteiger partial charge is 0.386 e. The van der Waals surface area contributed by atoms with Gasteiger partial charge < -0.3 is 5.32 Å². The van der Waals surface area contributed by atoms with Gasteiger partial charge in [-0.25, -0.2) is 0 Å². The fourth-order valence-electron chi connectivity index (χ4n) is 3.08. The highest BCUT2D eigenvalue weighted by Gasteiger charge is 2.10. The van der Waals surface area contributed by atoms with E-state index in [9.17, 15) is 0 Å². The van der Waals surface area contributed by atoms with Gasteiger partial charge in [0.05, 0.1) is 0 Å². The van der Waals surface area contributed by atoms with Crippen LogP contribution >= 0.6 is 0 Å². The Labute approximate surface area is 140 Å². The van der Waals surface area contributed by atoms with Crippen LogP contribution in [0.1, 0.15) is 98.3 Å². The minimum atomic E-state index is 0.718. The molecule has 1 N–H and O–H groups in total. The first-order valence-corrected chi connectivity index (χ1v) is 9.46. The van der Waals surface area contributed by atoms with Crippen LogP contribution in [-0.4, -0.2) is 6.04 Å². The van der Waals surface area contributed by atoms with Gasteiger partial charge in [0.2, 0.25) is 0 Å². The van der Waals surface area contributed by atoms with Crippen molar-refractivity contribution in [3.63, 3.8) is 0 Å². The molecule has 2 aliphatic rings. The van der Waals surface area contributed by atoms with E-state index in [2.05, 4.69) is 25.4 Å². The SMILES string of the molecule is C=C(C)C.C=C(C)NC1CCCCCC1.CC1CCCCC1. The Kier molecular flexibility index (Phi) is 13.5. The Morgan fingerprint density at radius 1 is 0.727 bits per heavy atom. The van der Waals surface area contributed by atoms with Gasteiger partial charge in [-0.1, -0.05) is 76.9 Å². The van der Waals surface area contributed by atoms with Crippen LogP contribution in [0.2, 0.25) is 0 Å². The number of hydrogen-bond acceptors (Lipinski definition) is 1. The number of allylic oxidation sites excluding steroid dienone is 2. The average molecular weight is 308 g/mol. The fraction of sp³-hybridized carbons (Fsp3) is 0.810. The van der Waals surface area contributed by atoms with Crippen LogP contribution in [0.4, 0.5) is 0 Å². The summed E-state index contributed by atoms with van der Waals surface area (Å²) in [5.74, 6) is 1.04. The summed E-state index contributed by atoms with van der Waals surface area (Å²) in [6, 6.07) is 0.718. The lowest BCUT2D eigenvalue weighted by Crippen LogP contribution is -2.26. The van der Waals surface area contributed by atoms with Gasteiger partial charge in [-0.15, -0.1) is 6.58 Å². The summed E-state index contributed by atoms with van der Waals surface area (Å²) in [6.45, 7) is 15.8. The summed E-state index contributed by atoms with van der Waals surface area (Å²) in [6.07, 6.45) is 15.8. The van der Waals surface area contributed by atoms with Crippen molar-refractivity contribution >= 4 is 0 Å². The van der Waals surface area contributed by atoms with Crippen LogP contribution in [0.15, 0.2) is 24.4 Å². The van der Waals surface area contributed by atoms with E-state index in [1.54, 1.807) is 0 Å². The Balaban J connectivity index is 0.000000343. The Morgan fingerprint density at radius 2 is 1.09 bits per heavy atom. The van der Waals surface area contributed by atoms with Crippen molar-refractivity contribution in [1.29, 1.82) is 0 Å². The zero-order chi connectivity index (χ0) is 16.8. The predicted octanol–water partition coefficient (Wildman–Crippen LogP) is 7.00. The molecule has 0 bridgehead atoms. The first-order valence-electron chi connectivity index (χ1n) is 9.46. The second-order valence-electron chi connectivity index (χ2n) is 7.56. The van der Waals surface area contributed by atoms with Crippen LogP contribution in [0.3, 0.4) is 0 Å². The van der Waals surface area contributed by atoms with Gasteiger partial charge in [0.25, 0.3) is 0 Å². The summed E-state index contributed by atoms with van der Waals surface area (Å²) in [7, 11) is 0. The predicted molar refractivity (Wildman–Crippen MR) is 102 cm³/mol. The quantitative estimate of drug-likeness (QED) is 0.427. The van der Waals surface area contributed by atoms with Crippen molar-refractivity contribution in [2.45, 2.75) is 104 Å². The summed E-state index contributed by atoms with van der Waals surface area (Å²) >= 11 is 0. The number of rotatable bonds is 2. The van der Waals surface area contributed by atoms with Gasteiger partial charge in [0.1, 0.15) is 0 Å². The molecule has 130 valence electrons. The third kappa shape index (κ3) is 15.7. The molecule has 0 radical (unpaired) electrons. The van der Waals surface area contributed by atoms with E-state index in [0.717, 1.165) is 17.7 Å². The topological polar surface area (TPSA) is 12.0 Å². The molecular weight excluding hydrogens is 266 g/mol. The monoisotopic (exact) mass is 307 g/mol. The fourth-order valence-corrected chi connectivity index (χ4v) is 3.08. The Hall–Kier alpha value is -0.720. The van der Waals surface area contributed by atoms with Crippen molar-refractivity contribution in [3.8, 4) is 0 Å². The van der Waals surface area contributed by atoms with Gasteiger partial charge in [-0.05, 0) is 39.5 Å². The molecule has 0 aromatic rings. The lowest BCUT2D eigenvalue weighted by molar-refractivity contribution is 0.385. The molecule has 0 unspecified atom stereocenters. The molecule has 0 amide bonds. The van der Waals surface area contributed by atoms with Crippen molar-refractivity contribution < 1.29 is 0 Å². The molecule has 0 saturated heterocycles. The lowest BCUT2D eigenvalue weighted by Gasteiger charge is -2.16. The Bertz CT molecular complexity index is 274. The van der Waals surface area contributed by atoms with Crippen LogP contribution in [0.25, 0.3) is 0 Å². The molecule has 0 atom stereocenters. The molecule has 1 heteroatoms. The third-order valence-corrected chi connectivity index (χ3v) is 4.20. The Morgan fingerprint density at radius 3 is 1.41 bits per heavy atom. The van der Waals surface area contributed by atoms with E-state index in [1.165, 1.54) is 76.2 Å². The van der Waals surface area contributed by atoms with Crippen LogP contribution in [0.5, 0.6) is 0 Å². The van der Waals surface area contributed by atoms with Gasteiger partial charge in [0.15, 0.2) is 0 Å². The maximum absolute atomic E-state index is 3.87. The van der Waals surface area contributed by atoms with Crippen LogP contribution in [-0.2, 0) is 0 Å². The van der Waals surface area contributed by atoms with Gasteiger partial charge in [-0.3, -0.25) is 0 Å². The smallest absolute Gasteiger partial charge is 0.0257 e. The van der Waals surface area contributed by atoms with E-state index in [1.807, 2.05) is 20.8 Å². The molecule has 22 heavy (non-hydrogen) atoms. The van der Waals surface area contributed by atoms with Crippen molar-refractivity contribution in [2.75, 3.05) is 0 Å². The first kappa shape index (κ1) is 21.3. The van der Waals surface area contributed by atoms with E-state index < -0.39 is 0 Å². The van der Waals surface area contributed by atoms with Gasteiger partial charge >= 0.3 is 0 Å². The minimum Gasteiger partial charge on any atom is -0.386 e. The zero-order valence-corrected chi connectivity index (χ0v) is 15.8. The molecule has 1 nitrogen and oxygen atoms in total. The van der Waals surface area contributed by atoms with E-state index in [0.29, 0.717) is 0 Å². The van der Waals surface area contributed by atoms with E-state index in [4.69, 9.17) is 0 Å². The standard InChI is InChI=1S/C10H19N.C7H14.C4H8/c1-9(2)11-10-7-5-3-4-6-8-10;1-7-5-3-2-4-6-7;1-4(2)3/h10-11H,1,3-8H2,2H3;7H,2-6H2,1H3;1H2,2-3H3. The molecule has 2 rings (SSSR count). The maximum Gasteiger partial charge on any atom is 0.0257 e. The lowest BCUT2D eigenvalue weighted by atomic mass is 9.91. The summed E-state index contributed by atoms with van der Waals surface area (Å²) in [5.41, 5.74) is 2.29. The van der Waals surface area contributed by atoms with Crippen molar-refractivity contribution in [1.82, 2.24) is 5.32 Å². The first-order chi connectivity index (χ1) is 10.4. The highest BCUT2D eigenvalue weighted by molar-refractivity contribution is 4.88.